The number of hydrogen-bond donors (Lipinski definition) is 2. The maximum atomic E-state index is 12.2. The summed E-state index contributed by atoms with van der Waals surface area (Å²) in [4.78, 5) is 41.6. The Morgan fingerprint density at radius 3 is 2.77 bits per heavy atom. The van der Waals surface area contributed by atoms with Crippen molar-refractivity contribution in [3.8, 4) is 0 Å². The number of nitro groups is 1. The highest BCUT2D eigenvalue weighted by molar-refractivity contribution is 7.13. The molecule has 0 bridgehead atoms. The van der Waals surface area contributed by atoms with Crippen molar-refractivity contribution in [3.05, 3.63) is 50.5 Å². The third kappa shape index (κ3) is 5.83. The molecule has 1 aliphatic heterocycles. The molecule has 0 saturated carbocycles. The molecule has 1 aromatic carbocycles. The number of carbonyl (C=O) groups excluding carboxylic acids is 2. The van der Waals surface area contributed by atoms with Gasteiger partial charge in [-0.2, -0.15) is 0 Å². The number of hydrogen-bond acceptors (Lipinski definition) is 7. The van der Waals surface area contributed by atoms with Crippen LogP contribution in [0.5, 0.6) is 0 Å². The van der Waals surface area contributed by atoms with E-state index in [0.29, 0.717) is 10.7 Å². The Morgan fingerprint density at radius 1 is 1.33 bits per heavy atom. The van der Waals surface area contributed by atoms with E-state index in [4.69, 9.17) is 0 Å². The lowest BCUT2D eigenvalue weighted by atomic mass is 9.99. The number of benzene rings is 1. The first-order valence-corrected chi connectivity index (χ1v) is 10.7. The molecule has 0 atom stereocenters. The van der Waals surface area contributed by atoms with Crippen LogP contribution in [0, 0.1) is 23.0 Å². The number of aromatic nitrogens is 1. The summed E-state index contributed by atoms with van der Waals surface area (Å²) in [6.07, 6.45) is 2.38. The van der Waals surface area contributed by atoms with E-state index in [1.54, 1.807) is 6.92 Å². The predicted molar refractivity (Wildman–Crippen MR) is 115 cm³/mol. The van der Waals surface area contributed by atoms with Gasteiger partial charge in [-0.25, -0.2) is 4.98 Å². The zero-order valence-electron chi connectivity index (χ0n) is 17.0. The monoisotopic (exact) mass is 431 g/mol. The van der Waals surface area contributed by atoms with E-state index in [9.17, 15) is 19.7 Å². The van der Waals surface area contributed by atoms with Gasteiger partial charge < -0.3 is 10.6 Å². The molecule has 10 heteroatoms. The van der Waals surface area contributed by atoms with E-state index in [1.807, 2.05) is 5.38 Å². The smallest absolute Gasteiger partial charge is 0.273 e. The molecule has 30 heavy (non-hydrogen) atoms. The molecule has 3 rings (SSSR count). The summed E-state index contributed by atoms with van der Waals surface area (Å²) >= 11 is 1.35. The molecular formula is C20H25N5O4S. The topological polar surface area (TPSA) is 117 Å². The molecule has 1 aromatic heterocycles. The van der Waals surface area contributed by atoms with Gasteiger partial charge >= 0.3 is 0 Å². The molecule has 160 valence electrons. The summed E-state index contributed by atoms with van der Waals surface area (Å²) in [5.74, 6) is -0.183. The van der Waals surface area contributed by atoms with Crippen molar-refractivity contribution < 1.29 is 14.5 Å². The summed E-state index contributed by atoms with van der Waals surface area (Å²) in [5.41, 5.74) is 1.38. The first-order valence-electron chi connectivity index (χ1n) is 9.81. The fourth-order valence-corrected chi connectivity index (χ4v) is 3.98. The lowest BCUT2D eigenvalue weighted by Gasteiger charge is -2.29. The number of likely N-dealkylation sites (tertiary alicyclic amines) is 1. The van der Waals surface area contributed by atoms with Gasteiger partial charge in [0.25, 0.3) is 11.6 Å². The van der Waals surface area contributed by atoms with Crippen LogP contribution in [0.4, 0.5) is 10.8 Å². The second-order valence-corrected chi connectivity index (χ2v) is 8.45. The number of carbonyl (C=O) groups is 2. The minimum Gasteiger partial charge on any atom is -0.343 e. The largest absolute Gasteiger partial charge is 0.343 e. The quantitative estimate of drug-likeness (QED) is 0.514. The highest BCUT2D eigenvalue weighted by atomic mass is 32.1. The number of aryl methyl sites for hydroxylation is 1. The van der Waals surface area contributed by atoms with Crippen molar-refractivity contribution in [1.82, 2.24) is 15.2 Å². The third-order valence-corrected chi connectivity index (χ3v) is 5.94. The van der Waals surface area contributed by atoms with Gasteiger partial charge in [-0.05, 0) is 44.8 Å². The molecule has 9 nitrogen and oxygen atoms in total. The number of nitro benzene ring substituents is 1. The van der Waals surface area contributed by atoms with E-state index in [1.165, 1.54) is 42.4 Å². The Balaban J connectivity index is 1.48. The van der Waals surface area contributed by atoms with E-state index < -0.39 is 16.7 Å². The lowest BCUT2D eigenvalue weighted by Crippen LogP contribution is -2.33. The molecule has 2 N–H and O–H groups in total. The lowest BCUT2D eigenvalue weighted by molar-refractivity contribution is -0.385. The summed E-state index contributed by atoms with van der Waals surface area (Å²) in [6.45, 7) is 6.50. The normalized spacial score (nSPS) is 15.0. The van der Waals surface area contributed by atoms with Gasteiger partial charge in [0.05, 0.1) is 17.2 Å². The number of rotatable bonds is 7. The van der Waals surface area contributed by atoms with Gasteiger partial charge in [0.15, 0.2) is 5.13 Å². The molecule has 0 unspecified atom stereocenters. The highest BCUT2D eigenvalue weighted by Gasteiger charge is 2.18. The van der Waals surface area contributed by atoms with Crippen LogP contribution in [0.1, 0.15) is 41.4 Å². The first kappa shape index (κ1) is 21.8. The number of amides is 2. The molecule has 1 fully saturated rings. The molecule has 2 heterocycles. The number of piperidine rings is 1. The van der Waals surface area contributed by atoms with Crippen LogP contribution in [0.25, 0.3) is 0 Å². The van der Waals surface area contributed by atoms with Crippen molar-refractivity contribution in [2.24, 2.45) is 5.92 Å². The minimum absolute atomic E-state index is 0.132. The first-order chi connectivity index (χ1) is 14.3. The minimum atomic E-state index is -0.549. The van der Waals surface area contributed by atoms with Crippen LogP contribution in [-0.2, 0) is 11.3 Å². The molecule has 2 amide bonds. The van der Waals surface area contributed by atoms with Crippen LogP contribution in [0.2, 0.25) is 0 Å². The SMILES string of the molecule is Cc1ccc(C(=O)NCC(=O)Nc2nc(CN3CCC(C)CC3)cs2)cc1[N+](=O)[O-]. The van der Waals surface area contributed by atoms with Crippen molar-refractivity contribution in [2.45, 2.75) is 33.2 Å². The second kappa shape index (κ2) is 9.77. The number of thiazole rings is 1. The maximum Gasteiger partial charge on any atom is 0.273 e. The average molecular weight is 432 g/mol. The summed E-state index contributed by atoms with van der Waals surface area (Å²) in [7, 11) is 0. The maximum absolute atomic E-state index is 12.2. The van der Waals surface area contributed by atoms with E-state index >= 15 is 0 Å². The van der Waals surface area contributed by atoms with Crippen molar-refractivity contribution >= 4 is 34.0 Å². The van der Waals surface area contributed by atoms with Crippen LogP contribution in [0.3, 0.4) is 0 Å². The zero-order valence-corrected chi connectivity index (χ0v) is 17.8. The molecule has 1 saturated heterocycles. The fourth-order valence-electron chi connectivity index (χ4n) is 3.26. The Morgan fingerprint density at radius 2 is 2.07 bits per heavy atom. The molecule has 0 aliphatic carbocycles. The Hall–Kier alpha value is -2.85. The third-order valence-electron chi connectivity index (χ3n) is 5.14. The Bertz CT molecular complexity index is 937. The van der Waals surface area contributed by atoms with Gasteiger partial charge in [-0.15, -0.1) is 11.3 Å². The van der Waals surface area contributed by atoms with Gasteiger partial charge in [-0.3, -0.25) is 24.6 Å². The summed E-state index contributed by atoms with van der Waals surface area (Å²) in [6, 6.07) is 4.20. The van der Waals surface area contributed by atoms with Gasteiger partial charge in [0.1, 0.15) is 0 Å². The highest BCUT2D eigenvalue weighted by Crippen LogP contribution is 2.21. The van der Waals surface area contributed by atoms with Crippen LogP contribution in [-0.4, -0.2) is 46.3 Å². The standard InChI is InChI=1S/C20H25N5O4S/c1-13-5-7-24(8-6-13)11-16-12-30-20(22-16)23-18(26)10-21-19(27)15-4-3-14(2)17(9-15)25(28)29/h3-4,9,12-13H,5-8,10-11H2,1-2H3,(H,21,27)(H,22,23,26). The van der Waals surface area contributed by atoms with Crippen LogP contribution < -0.4 is 10.6 Å². The van der Waals surface area contributed by atoms with Gasteiger partial charge in [0.2, 0.25) is 5.91 Å². The molecule has 0 radical (unpaired) electrons. The Labute approximate surface area is 178 Å². The van der Waals surface area contributed by atoms with Crippen LogP contribution in [0.15, 0.2) is 23.6 Å². The molecule has 0 spiro atoms. The average Bonchev–Trinajstić information content (AvgIpc) is 3.14. The molecular weight excluding hydrogens is 406 g/mol. The summed E-state index contributed by atoms with van der Waals surface area (Å²) in [5, 5.41) is 18.6. The molecule has 1 aliphatic rings. The van der Waals surface area contributed by atoms with Gasteiger partial charge in [-0.1, -0.05) is 13.0 Å². The summed E-state index contributed by atoms with van der Waals surface area (Å²) < 4.78 is 0. The van der Waals surface area contributed by atoms with Gasteiger partial charge in [0, 0.05) is 29.1 Å². The second-order valence-electron chi connectivity index (χ2n) is 7.59. The zero-order chi connectivity index (χ0) is 21.7. The number of anilines is 1. The molecule has 2 aromatic rings. The predicted octanol–water partition coefficient (Wildman–Crippen LogP) is 2.96. The van der Waals surface area contributed by atoms with Crippen molar-refractivity contribution in [1.29, 1.82) is 0 Å². The van der Waals surface area contributed by atoms with Crippen LogP contribution >= 0.6 is 11.3 Å². The number of nitrogens with zero attached hydrogens (tertiary/aromatic N) is 3. The number of nitrogens with one attached hydrogen (secondary N) is 2. The van der Waals surface area contributed by atoms with Crippen molar-refractivity contribution in [2.75, 3.05) is 25.0 Å². The fraction of sp³-hybridized carbons (Fsp3) is 0.450. The van der Waals surface area contributed by atoms with E-state index in [2.05, 4.69) is 27.4 Å². The van der Waals surface area contributed by atoms with E-state index in [-0.39, 0.29) is 17.8 Å². The Kier molecular flexibility index (Phi) is 7.11. The van der Waals surface area contributed by atoms with Crippen molar-refractivity contribution in [3.63, 3.8) is 0 Å². The van der Waals surface area contributed by atoms with E-state index in [0.717, 1.165) is 31.2 Å².